The Kier molecular flexibility index (Phi) is 6.61. The summed E-state index contributed by atoms with van der Waals surface area (Å²) in [6.45, 7) is 0. The molecule has 0 radical (unpaired) electrons. The van der Waals surface area contributed by atoms with E-state index in [4.69, 9.17) is 14.2 Å². The first kappa shape index (κ1) is 18.9. The van der Waals surface area contributed by atoms with Crippen molar-refractivity contribution in [3.8, 4) is 17.2 Å². The van der Waals surface area contributed by atoms with Gasteiger partial charge in [-0.1, -0.05) is 12.1 Å². The first-order chi connectivity index (χ1) is 12.5. The number of methoxy groups -OCH3 is 3. The molecule has 2 aromatic rings. The van der Waals surface area contributed by atoms with E-state index in [0.717, 1.165) is 5.56 Å². The minimum absolute atomic E-state index is 0.290. The number of hydrogen-bond acceptors (Lipinski definition) is 5. The molecule has 0 fully saturated rings. The second kappa shape index (κ2) is 9.12. The van der Waals surface area contributed by atoms with Crippen LogP contribution >= 0.6 is 0 Å². The molecule has 136 valence electrons. The van der Waals surface area contributed by atoms with E-state index in [0.29, 0.717) is 22.8 Å². The lowest BCUT2D eigenvalue weighted by Gasteiger charge is -2.09. The SMILES string of the molecule is COc1cccc(/C=C/C(=O)NNC(=O)c2cc(OC)cc(OC)c2)c1. The predicted molar refractivity (Wildman–Crippen MR) is 97.2 cm³/mol. The average Bonchev–Trinajstić information content (AvgIpc) is 2.69. The van der Waals surface area contributed by atoms with Crippen LogP contribution in [0.3, 0.4) is 0 Å². The van der Waals surface area contributed by atoms with E-state index in [9.17, 15) is 9.59 Å². The lowest BCUT2D eigenvalue weighted by atomic mass is 10.2. The van der Waals surface area contributed by atoms with Gasteiger partial charge in [-0.3, -0.25) is 20.4 Å². The molecule has 2 N–H and O–H groups in total. The van der Waals surface area contributed by atoms with Gasteiger partial charge in [-0.15, -0.1) is 0 Å². The lowest BCUT2D eigenvalue weighted by Crippen LogP contribution is -2.40. The van der Waals surface area contributed by atoms with Gasteiger partial charge >= 0.3 is 0 Å². The second-order valence-electron chi connectivity index (χ2n) is 5.15. The van der Waals surface area contributed by atoms with Crippen LogP contribution < -0.4 is 25.1 Å². The van der Waals surface area contributed by atoms with Crippen molar-refractivity contribution in [2.45, 2.75) is 0 Å². The number of carbonyl (C=O) groups excluding carboxylic acids is 2. The summed E-state index contributed by atoms with van der Waals surface area (Å²) in [5.74, 6) is 0.659. The molecule has 0 aromatic heterocycles. The summed E-state index contributed by atoms with van der Waals surface area (Å²) in [6.07, 6.45) is 2.92. The van der Waals surface area contributed by atoms with Gasteiger partial charge < -0.3 is 14.2 Å². The third-order valence-corrected chi connectivity index (χ3v) is 3.43. The summed E-state index contributed by atoms with van der Waals surface area (Å²) in [6, 6.07) is 11.9. The molecule has 2 rings (SSSR count). The maximum atomic E-state index is 12.2. The third-order valence-electron chi connectivity index (χ3n) is 3.43. The molecule has 0 aliphatic carbocycles. The van der Waals surface area contributed by atoms with E-state index in [-0.39, 0.29) is 0 Å². The Bertz CT molecular complexity index is 795. The Morgan fingerprint density at radius 1 is 0.846 bits per heavy atom. The number of nitrogens with one attached hydrogen (secondary N) is 2. The Morgan fingerprint density at radius 3 is 2.12 bits per heavy atom. The van der Waals surface area contributed by atoms with Gasteiger partial charge in [-0.2, -0.15) is 0 Å². The fraction of sp³-hybridized carbons (Fsp3) is 0.158. The number of ether oxygens (including phenoxy) is 3. The Morgan fingerprint density at radius 2 is 1.50 bits per heavy atom. The van der Waals surface area contributed by atoms with Gasteiger partial charge in [0, 0.05) is 17.7 Å². The minimum atomic E-state index is -0.495. The van der Waals surface area contributed by atoms with Gasteiger partial charge in [0.1, 0.15) is 17.2 Å². The molecule has 26 heavy (non-hydrogen) atoms. The highest BCUT2D eigenvalue weighted by atomic mass is 16.5. The van der Waals surface area contributed by atoms with Crippen molar-refractivity contribution in [1.82, 2.24) is 10.9 Å². The predicted octanol–water partition coefficient (Wildman–Crippen LogP) is 2.19. The topological polar surface area (TPSA) is 85.9 Å². The van der Waals surface area contributed by atoms with Crippen molar-refractivity contribution < 1.29 is 23.8 Å². The zero-order valence-electron chi connectivity index (χ0n) is 14.7. The van der Waals surface area contributed by atoms with Gasteiger partial charge in [0.05, 0.1) is 21.3 Å². The van der Waals surface area contributed by atoms with Crippen molar-refractivity contribution in [1.29, 1.82) is 0 Å². The summed E-state index contributed by atoms with van der Waals surface area (Å²) >= 11 is 0. The van der Waals surface area contributed by atoms with E-state index < -0.39 is 11.8 Å². The smallest absolute Gasteiger partial charge is 0.269 e. The molecule has 0 spiro atoms. The molecule has 0 saturated heterocycles. The standard InChI is InChI=1S/C19H20N2O5/c1-24-15-6-4-5-13(9-15)7-8-18(22)20-21-19(23)14-10-16(25-2)12-17(11-14)26-3/h4-12H,1-3H3,(H,20,22)(H,21,23)/b8-7+. The quantitative estimate of drug-likeness (QED) is 0.612. The van der Waals surface area contributed by atoms with Gasteiger partial charge in [-0.05, 0) is 35.9 Å². The molecule has 7 heteroatoms. The van der Waals surface area contributed by atoms with Crippen LogP contribution in [-0.2, 0) is 4.79 Å². The molecule has 0 heterocycles. The zero-order valence-corrected chi connectivity index (χ0v) is 14.7. The van der Waals surface area contributed by atoms with Crippen LogP contribution in [0.4, 0.5) is 0 Å². The monoisotopic (exact) mass is 356 g/mol. The largest absolute Gasteiger partial charge is 0.497 e. The maximum Gasteiger partial charge on any atom is 0.269 e. The molecule has 2 amide bonds. The van der Waals surface area contributed by atoms with Crippen molar-refractivity contribution in [2.24, 2.45) is 0 Å². The van der Waals surface area contributed by atoms with Crippen LogP contribution in [-0.4, -0.2) is 33.1 Å². The Hall–Kier alpha value is -3.48. The highest BCUT2D eigenvalue weighted by Gasteiger charge is 2.10. The average molecular weight is 356 g/mol. The number of benzene rings is 2. The fourth-order valence-electron chi connectivity index (χ4n) is 2.09. The summed E-state index contributed by atoms with van der Waals surface area (Å²) in [5.41, 5.74) is 5.74. The molecule has 0 bridgehead atoms. The fourth-order valence-corrected chi connectivity index (χ4v) is 2.09. The van der Waals surface area contributed by atoms with Gasteiger partial charge in [0.2, 0.25) is 0 Å². The number of carbonyl (C=O) groups is 2. The summed E-state index contributed by atoms with van der Waals surface area (Å²) < 4.78 is 15.3. The minimum Gasteiger partial charge on any atom is -0.497 e. The van der Waals surface area contributed by atoms with Crippen molar-refractivity contribution in [3.63, 3.8) is 0 Å². The normalized spacial score (nSPS) is 10.3. The van der Waals surface area contributed by atoms with Gasteiger partial charge in [0.25, 0.3) is 11.8 Å². The summed E-state index contributed by atoms with van der Waals surface area (Å²) in [7, 11) is 4.54. The maximum absolute atomic E-state index is 12.2. The molecular formula is C19H20N2O5. The molecule has 0 saturated carbocycles. The van der Waals surface area contributed by atoms with Gasteiger partial charge in [-0.25, -0.2) is 0 Å². The third kappa shape index (κ3) is 5.27. The molecule has 7 nitrogen and oxygen atoms in total. The lowest BCUT2D eigenvalue weighted by molar-refractivity contribution is -0.117. The van der Waals surface area contributed by atoms with Crippen LogP contribution in [0.25, 0.3) is 6.08 Å². The highest BCUT2D eigenvalue weighted by Crippen LogP contribution is 2.22. The molecule has 0 aliphatic rings. The first-order valence-corrected chi connectivity index (χ1v) is 7.71. The van der Waals surface area contributed by atoms with Crippen LogP contribution in [0, 0.1) is 0 Å². The van der Waals surface area contributed by atoms with Crippen LogP contribution in [0.5, 0.6) is 17.2 Å². The van der Waals surface area contributed by atoms with E-state index in [1.165, 1.54) is 32.4 Å². The van der Waals surface area contributed by atoms with Gasteiger partial charge in [0.15, 0.2) is 0 Å². The Labute approximate surface area is 151 Å². The van der Waals surface area contributed by atoms with E-state index in [2.05, 4.69) is 10.9 Å². The van der Waals surface area contributed by atoms with E-state index in [1.807, 2.05) is 12.1 Å². The second-order valence-corrected chi connectivity index (χ2v) is 5.15. The number of rotatable bonds is 6. The molecule has 2 aromatic carbocycles. The van der Waals surface area contributed by atoms with Crippen molar-refractivity contribution in [3.05, 3.63) is 59.7 Å². The summed E-state index contributed by atoms with van der Waals surface area (Å²) in [4.78, 5) is 24.0. The van der Waals surface area contributed by atoms with Crippen LogP contribution in [0.2, 0.25) is 0 Å². The Balaban J connectivity index is 1.96. The van der Waals surface area contributed by atoms with E-state index in [1.54, 1.807) is 31.4 Å². The number of hydrogen-bond donors (Lipinski definition) is 2. The number of hydrazine groups is 1. The van der Waals surface area contributed by atoms with Crippen LogP contribution in [0.1, 0.15) is 15.9 Å². The molecule has 0 atom stereocenters. The number of amides is 2. The zero-order chi connectivity index (χ0) is 18.9. The first-order valence-electron chi connectivity index (χ1n) is 7.71. The highest BCUT2D eigenvalue weighted by molar-refractivity contribution is 5.98. The molecule has 0 aliphatic heterocycles. The van der Waals surface area contributed by atoms with Crippen molar-refractivity contribution >= 4 is 17.9 Å². The molecular weight excluding hydrogens is 336 g/mol. The summed E-state index contributed by atoms with van der Waals surface area (Å²) in [5, 5.41) is 0. The molecule has 0 unspecified atom stereocenters. The van der Waals surface area contributed by atoms with Crippen LogP contribution in [0.15, 0.2) is 48.5 Å². The van der Waals surface area contributed by atoms with Crippen molar-refractivity contribution in [2.75, 3.05) is 21.3 Å². The van der Waals surface area contributed by atoms with E-state index >= 15 is 0 Å².